The summed E-state index contributed by atoms with van der Waals surface area (Å²) in [7, 11) is 0. The molecular formula is C48H57ClN8O6. The van der Waals surface area contributed by atoms with Crippen molar-refractivity contribution in [3.8, 4) is 0 Å². The number of aliphatic hydroxyl groups is 2. The van der Waals surface area contributed by atoms with Crippen molar-refractivity contribution in [1.82, 2.24) is 29.2 Å². The number of hydrogen-bond acceptors (Lipinski definition) is 11. The highest BCUT2D eigenvalue weighted by Crippen LogP contribution is 2.27. The number of halogens is 1. The fourth-order valence-corrected chi connectivity index (χ4v) is 8.12. The van der Waals surface area contributed by atoms with Crippen molar-refractivity contribution in [3.63, 3.8) is 0 Å². The molecule has 1 aliphatic carbocycles. The average Bonchev–Trinajstić information content (AvgIpc) is 3.94. The number of hydrogen-bond donors (Lipinski definition) is 3. The largest absolute Gasteiger partial charge is 0.386 e. The molecule has 2 aromatic carbocycles. The lowest BCUT2D eigenvalue weighted by Gasteiger charge is -2.33. The Labute approximate surface area is 372 Å². The Bertz CT molecular complexity index is 2550. The van der Waals surface area contributed by atoms with Gasteiger partial charge in [0.2, 0.25) is 5.91 Å². The molecule has 5 heterocycles. The molecule has 0 unspecified atom stereocenters. The zero-order chi connectivity index (χ0) is 45.5. The minimum absolute atomic E-state index is 0.0558. The number of nitrogens with zero attached hydrogens (tertiary/aromatic N) is 7. The van der Waals surface area contributed by atoms with Crippen LogP contribution in [0.2, 0.25) is 5.15 Å². The first-order chi connectivity index (χ1) is 29.9. The number of primary amides is 1. The number of carbonyl (C=O) groups is 4. The first kappa shape index (κ1) is 46.7. The number of carbonyl (C=O) groups excluding carboxylic acids is 4. The van der Waals surface area contributed by atoms with Crippen molar-refractivity contribution in [1.29, 1.82) is 0 Å². The molecule has 1 amide bonds. The Morgan fingerprint density at radius 3 is 1.63 bits per heavy atom. The summed E-state index contributed by atoms with van der Waals surface area (Å²) >= 11 is 6.13. The number of nitrogens with two attached hydrogens (primary N) is 1. The van der Waals surface area contributed by atoms with E-state index in [2.05, 4.69) is 25.1 Å². The number of aromatic nitrogens is 6. The van der Waals surface area contributed by atoms with E-state index >= 15 is 0 Å². The summed E-state index contributed by atoms with van der Waals surface area (Å²) in [6, 6.07) is 21.0. The summed E-state index contributed by atoms with van der Waals surface area (Å²) in [4.78, 5) is 58.8. The van der Waals surface area contributed by atoms with Crippen molar-refractivity contribution in [2.45, 2.75) is 104 Å². The van der Waals surface area contributed by atoms with E-state index in [9.17, 15) is 29.4 Å². The standard InChI is InChI=1S/C23H27N5O3.C17H16ClN3O2.C8H14O/c1-23(2,31)17-7-5-15(6-8-17)19(29)12-18-13-21(28-20(26-18)9-10-25-28)27-11-3-4-16(14-27)22(24)30;1-17(2,23)12-5-3-11(4-6-12)14(22)9-13-10-15(18)21-16(20-13)7-8-19-21;1-7(9)8-5-3-2-4-6-8/h5-10,13,16,31H,3-4,11-12,14H2,1-2H3,(H2,24,30);3-8,10,23H,9H2,1-2H3;8H,2-6H2,1H3/t16-;;/m1../s1. The molecule has 63 heavy (non-hydrogen) atoms. The second-order valence-electron chi connectivity index (χ2n) is 17.5. The van der Waals surface area contributed by atoms with Crippen LogP contribution in [0.4, 0.5) is 5.82 Å². The monoisotopic (exact) mass is 876 g/mol. The van der Waals surface area contributed by atoms with Crippen LogP contribution in [0.25, 0.3) is 11.3 Å². The fourth-order valence-electron chi connectivity index (χ4n) is 7.86. The van der Waals surface area contributed by atoms with Crippen molar-refractivity contribution in [3.05, 3.63) is 124 Å². The zero-order valence-corrected chi connectivity index (χ0v) is 37.4. The molecule has 0 spiro atoms. The molecule has 4 aromatic heterocycles. The van der Waals surface area contributed by atoms with E-state index in [-0.39, 0.29) is 36.2 Å². The van der Waals surface area contributed by atoms with Gasteiger partial charge in [0.05, 0.1) is 53.7 Å². The first-order valence-corrected chi connectivity index (χ1v) is 21.8. The van der Waals surface area contributed by atoms with E-state index in [4.69, 9.17) is 17.3 Å². The van der Waals surface area contributed by atoms with Crippen LogP contribution in [0.3, 0.4) is 0 Å². The van der Waals surface area contributed by atoms with Gasteiger partial charge >= 0.3 is 0 Å². The molecule has 1 saturated carbocycles. The highest BCUT2D eigenvalue weighted by Gasteiger charge is 2.27. The van der Waals surface area contributed by atoms with Gasteiger partial charge in [0, 0.05) is 48.3 Å². The zero-order valence-electron chi connectivity index (χ0n) is 36.6. The normalized spacial score (nSPS) is 15.9. The third kappa shape index (κ3) is 12.2. The van der Waals surface area contributed by atoms with Gasteiger partial charge in [-0.1, -0.05) is 79.4 Å². The molecule has 6 aromatic rings. The number of Topliss-reactive ketones (excluding diaryl/α,β-unsaturated/α-hetero) is 3. The van der Waals surface area contributed by atoms with E-state index in [0.29, 0.717) is 57.2 Å². The molecule has 0 radical (unpaired) electrons. The summed E-state index contributed by atoms with van der Waals surface area (Å²) in [6.45, 7) is 9.86. The maximum atomic E-state index is 12.9. The molecule has 2 fully saturated rings. The highest BCUT2D eigenvalue weighted by molar-refractivity contribution is 6.29. The highest BCUT2D eigenvalue weighted by atomic mass is 35.5. The van der Waals surface area contributed by atoms with Crippen molar-refractivity contribution in [2.75, 3.05) is 18.0 Å². The predicted molar refractivity (Wildman–Crippen MR) is 242 cm³/mol. The SMILES string of the molecule is CC(=O)C1CCCCC1.CC(C)(O)c1ccc(C(=O)Cc2cc(Cl)n3nccc3n2)cc1.CC(C)(O)c1ccc(C(=O)Cc2cc(N3CCC[C@@H](C(N)=O)C3)n3nccc3n2)cc1. The number of anilines is 1. The molecule has 4 N–H and O–H groups in total. The number of benzene rings is 2. The van der Waals surface area contributed by atoms with E-state index in [0.717, 1.165) is 49.2 Å². The maximum absolute atomic E-state index is 12.9. The van der Waals surface area contributed by atoms with Crippen LogP contribution >= 0.6 is 11.6 Å². The minimum Gasteiger partial charge on any atom is -0.386 e. The van der Waals surface area contributed by atoms with Crippen LogP contribution in [-0.4, -0.2) is 75.8 Å². The van der Waals surface area contributed by atoms with E-state index in [1.807, 2.05) is 6.07 Å². The Hall–Kier alpha value is -5.83. The summed E-state index contributed by atoms with van der Waals surface area (Å²) < 4.78 is 3.24. The summed E-state index contributed by atoms with van der Waals surface area (Å²) in [5.74, 6) is 1.01. The molecule has 2 aliphatic rings. The van der Waals surface area contributed by atoms with Crippen molar-refractivity contribution < 1.29 is 29.4 Å². The number of amides is 1. The lowest BCUT2D eigenvalue weighted by atomic mass is 9.87. The van der Waals surface area contributed by atoms with E-state index < -0.39 is 11.2 Å². The maximum Gasteiger partial charge on any atom is 0.222 e. The van der Waals surface area contributed by atoms with Gasteiger partial charge in [-0.3, -0.25) is 19.2 Å². The van der Waals surface area contributed by atoms with Crippen LogP contribution in [0.1, 0.15) is 123 Å². The van der Waals surface area contributed by atoms with Gasteiger partial charge in [-0.25, -0.2) is 14.5 Å². The van der Waals surface area contributed by atoms with Crippen LogP contribution < -0.4 is 10.6 Å². The number of fused-ring (bicyclic) bond motifs is 2. The van der Waals surface area contributed by atoms with Crippen molar-refractivity contribution in [2.24, 2.45) is 17.6 Å². The van der Waals surface area contributed by atoms with Crippen LogP contribution in [0, 0.1) is 11.8 Å². The predicted octanol–water partition coefficient (Wildman–Crippen LogP) is 7.28. The van der Waals surface area contributed by atoms with Crippen LogP contribution in [-0.2, 0) is 33.6 Å². The Kier molecular flexibility index (Phi) is 14.9. The molecule has 0 bridgehead atoms. The molecule has 8 rings (SSSR count). The Morgan fingerprint density at radius 2 is 1.16 bits per heavy atom. The molecular weight excluding hydrogens is 820 g/mol. The second-order valence-corrected chi connectivity index (χ2v) is 17.9. The second kappa shape index (κ2) is 20.1. The average molecular weight is 877 g/mol. The molecule has 1 aliphatic heterocycles. The summed E-state index contributed by atoms with van der Waals surface area (Å²) in [5.41, 5.74) is 8.80. The lowest BCUT2D eigenvalue weighted by Crippen LogP contribution is -2.42. The molecule has 1 atom stereocenters. The molecule has 15 heteroatoms. The molecule has 1 saturated heterocycles. The third-order valence-electron chi connectivity index (χ3n) is 11.6. The fraction of sp³-hybridized carbons (Fsp3) is 0.417. The first-order valence-electron chi connectivity index (χ1n) is 21.5. The van der Waals surface area contributed by atoms with Crippen molar-refractivity contribution >= 4 is 52.0 Å². The van der Waals surface area contributed by atoms with E-state index in [1.165, 1.54) is 23.8 Å². The smallest absolute Gasteiger partial charge is 0.222 e. The topological polar surface area (TPSA) is 198 Å². The van der Waals surface area contributed by atoms with E-state index in [1.54, 1.807) is 118 Å². The Balaban J connectivity index is 0.000000180. The van der Waals surface area contributed by atoms with Gasteiger partial charge in [-0.05, 0) is 77.5 Å². The Morgan fingerprint density at radius 1 is 0.683 bits per heavy atom. The third-order valence-corrected chi connectivity index (χ3v) is 11.9. The van der Waals surface area contributed by atoms with Crippen LogP contribution in [0.5, 0.6) is 0 Å². The summed E-state index contributed by atoms with van der Waals surface area (Å²) in [6.07, 6.45) is 11.4. The van der Waals surface area contributed by atoms with Gasteiger partial charge in [-0.2, -0.15) is 14.7 Å². The quantitative estimate of drug-likeness (QED) is 0.0874. The number of rotatable bonds is 11. The molecule has 332 valence electrons. The lowest BCUT2D eigenvalue weighted by molar-refractivity contribution is -0.122. The van der Waals surface area contributed by atoms with Crippen LogP contribution in [0.15, 0.2) is 85.2 Å². The van der Waals surface area contributed by atoms with Gasteiger partial charge in [0.25, 0.3) is 0 Å². The molecule has 14 nitrogen and oxygen atoms in total. The van der Waals surface area contributed by atoms with Gasteiger partial charge in [0.1, 0.15) is 16.8 Å². The van der Waals surface area contributed by atoms with Gasteiger partial charge < -0.3 is 20.8 Å². The number of piperidine rings is 1. The minimum atomic E-state index is -0.956. The van der Waals surface area contributed by atoms with Gasteiger partial charge in [0.15, 0.2) is 22.9 Å². The number of ketones is 3. The van der Waals surface area contributed by atoms with Gasteiger partial charge in [-0.15, -0.1) is 0 Å². The summed E-state index contributed by atoms with van der Waals surface area (Å²) in [5, 5.41) is 28.9.